The predicted molar refractivity (Wildman–Crippen MR) is 88.7 cm³/mol. The zero-order chi connectivity index (χ0) is 15.3. The number of rotatable bonds is 9. The van der Waals surface area contributed by atoms with Gasteiger partial charge in [0.15, 0.2) is 0 Å². The van der Waals surface area contributed by atoms with Gasteiger partial charge in [-0.1, -0.05) is 19.1 Å². The first-order valence-corrected chi connectivity index (χ1v) is 8.14. The number of hydrogen-bond donors (Lipinski definition) is 2. The Labute approximate surface area is 129 Å². The third-order valence-electron chi connectivity index (χ3n) is 4.85. The standard InChI is InChI=1S/C18H30N2O/c1-14(16-6-7-16)12-20-18(2,13-19)11-10-15-4-8-17(21-3)9-5-15/h4-5,8-9,14,16,20H,6-7,10-13,19H2,1-3H3. The van der Waals surface area contributed by atoms with Gasteiger partial charge in [-0.3, -0.25) is 0 Å². The van der Waals surface area contributed by atoms with Gasteiger partial charge in [0.05, 0.1) is 7.11 Å². The molecule has 3 heteroatoms. The van der Waals surface area contributed by atoms with Crippen molar-refractivity contribution in [2.24, 2.45) is 17.6 Å². The molecule has 2 atom stereocenters. The van der Waals surface area contributed by atoms with Crippen LogP contribution in [0.25, 0.3) is 0 Å². The van der Waals surface area contributed by atoms with Crippen LogP contribution in [0.3, 0.4) is 0 Å². The van der Waals surface area contributed by atoms with Crippen molar-refractivity contribution >= 4 is 0 Å². The second kappa shape index (κ2) is 7.28. The summed E-state index contributed by atoms with van der Waals surface area (Å²) in [6, 6.07) is 8.33. The third kappa shape index (κ3) is 5.01. The van der Waals surface area contributed by atoms with Crippen molar-refractivity contribution in [2.75, 3.05) is 20.2 Å². The summed E-state index contributed by atoms with van der Waals surface area (Å²) < 4.78 is 5.20. The molecule has 2 rings (SSSR count). The average molecular weight is 290 g/mol. The minimum absolute atomic E-state index is 0.0308. The summed E-state index contributed by atoms with van der Waals surface area (Å²) in [4.78, 5) is 0. The van der Waals surface area contributed by atoms with E-state index in [2.05, 4.69) is 31.3 Å². The normalized spacial score (nSPS) is 19.0. The molecule has 0 bridgehead atoms. The minimum Gasteiger partial charge on any atom is -0.497 e. The fraction of sp³-hybridized carbons (Fsp3) is 0.667. The van der Waals surface area contributed by atoms with Crippen LogP contribution in [-0.2, 0) is 6.42 Å². The molecule has 0 saturated heterocycles. The molecule has 0 aromatic heterocycles. The number of benzene rings is 1. The molecule has 0 radical (unpaired) electrons. The quantitative estimate of drug-likeness (QED) is 0.735. The van der Waals surface area contributed by atoms with Crippen molar-refractivity contribution in [2.45, 2.75) is 45.1 Å². The Kier molecular flexibility index (Phi) is 5.65. The van der Waals surface area contributed by atoms with E-state index in [1.807, 2.05) is 12.1 Å². The molecule has 0 aliphatic heterocycles. The molecular weight excluding hydrogens is 260 g/mol. The molecule has 3 nitrogen and oxygen atoms in total. The number of hydrogen-bond acceptors (Lipinski definition) is 3. The van der Waals surface area contributed by atoms with Crippen LogP contribution in [-0.4, -0.2) is 25.7 Å². The van der Waals surface area contributed by atoms with Crippen molar-refractivity contribution in [1.82, 2.24) is 5.32 Å². The Morgan fingerprint density at radius 2 is 2.00 bits per heavy atom. The van der Waals surface area contributed by atoms with Gasteiger partial charge in [-0.25, -0.2) is 0 Å². The van der Waals surface area contributed by atoms with Crippen molar-refractivity contribution in [1.29, 1.82) is 0 Å². The fourth-order valence-electron chi connectivity index (χ4n) is 2.71. The van der Waals surface area contributed by atoms with E-state index >= 15 is 0 Å². The van der Waals surface area contributed by atoms with E-state index in [-0.39, 0.29) is 5.54 Å². The first kappa shape index (κ1) is 16.3. The van der Waals surface area contributed by atoms with Gasteiger partial charge in [-0.05, 0) is 68.7 Å². The topological polar surface area (TPSA) is 47.3 Å². The van der Waals surface area contributed by atoms with E-state index in [0.29, 0.717) is 6.54 Å². The van der Waals surface area contributed by atoms with E-state index < -0.39 is 0 Å². The Morgan fingerprint density at radius 3 is 2.52 bits per heavy atom. The highest BCUT2D eigenvalue weighted by Crippen LogP contribution is 2.36. The summed E-state index contributed by atoms with van der Waals surface area (Å²) in [7, 11) is 1.70. The second-order valence-corrected chi connectivity index (χ2v) is 6.81. The molecule has 2 unspecified atom stereocenters. The van der Waals surface area contributed by atoms with E-state index in [0.717, 1.165) is 37.0 Å². The van der Waals surface area contributed by atoms with Gasteiger partial charge in [0.1, 0.15) is 5.75 Å². The monoisotopic (exact) mass is 290 g/mol. The van der Waals surface area contributed by atoms with Gasteiger partial charge in [0.2, 0.25) is 0 Å². The summed E-state index contributed by atoms with van der Waals surface area (Å²) in [6.45, 7) is 6.36. The number of nitrogens with two attached hydrogens (primary N) is 1. The number of methoxy groups -OCH3 is 1. The van der Waals surface area contributed by atoms with Crippen molar-refractivity contribution in [3.63, 3.8) is 0 Å². The maximum Gasteiger partial charge on any atom is 0.118 e. The first-order chi connectivity index (χ1) is 10.1. The van der Waals surface area contributed by atoms with Gasteiger partial charge in [-0.2, -0.15) is 0 Å². The number of aryl methyl sites for hydroxylation is 1. The Morgan fingerprint density at radius 1 is 1.33 bits per heavy atom. The molecule has 1 aromatic carbocycles. The van der Waals surface area contributed by atoms with Crippen molar-refractivity contribution in [3.05, 3.63) is 29.8 Å². The largest absolute Gasteiger partial charge is 0.497 e. The molecule has 1 aromatic rings. The molecule has 1 aliphatic carbocycles. The second-order valence-electron chi connectivity index (χ2n) is 6.81. The summed E-state index contributed by atoms with van der Waals surface area (Å²) >= 11 is 0. The molecule has 1 fully saturated rings. The highest BCUT2D eigenvalue weighted by atomic mass is 16.5. The minimum atomic E-state index is 0.0308. The van der Waals surface area contributed by atoms with E-state index in [1.54, 1.807) is 7.11 Å². The van der Waals surface area contributed by atoms with Crippen molar-refractivity contribution in [3.8, 4) is 5.75 Å². The van der Waals surface area contributed by atoms with Crippen LogP contribution >= 0.6 is 0 Å². The van der Waals surface area contributed by atoms with Crippen LogP contribution < -0.4 is 15.8 Å². The third-order valence-corrected chi connectivity index (χ3v) is 4.85. The lowest BCUT2D eigenvalue weighted by molar-refractivity contribution is 0.307. The van der Waals surface area contributed by atoms with Gasteiger partial charge < -0.3 is 15.8 Å². The van der Waals surface area contributed by atoms with Crippen LogP contribution in [0.1, 0.15) is 38.7 Å². The van der Waals surface area contributed by atoms with Crippen LogP contribution in [0.5, 0.6) is 5.75 Å². The highest BCUT2D eigenvalue weighted by Gasteiger charge is 2.30. The smallest absolute Gasteiger partial charge is 0.118 e. The summed E-state index contributed by atoms with van der Waals surface area (Å²) in [5.41, 5.74) is 7.38. The lowest BCUT2D eigenvalue weighted by atomic mass is 9.92. The van der Waals surface area contributed by atoms with Crippen LogP contribution in [0, 0.1) is 11.8 Å². The molecule has 1 saturated carbocycles. The van der Waals surface area contributed by atoms with E-state index in [9.17, 15) is 0 Å². The summed E-state index contributed by atoms with van der Waals surface area (Å²) in [5, 5.41) is 3.71. The predicted octanol–water partition coefficient (Wildman–Crippen LogP) is 2.98. The van der Waals surface area contributed by atoms with Crippen LogP contribution in [0.2, 0.25) is 0 Å². The molecule has 1 aliphatic rings. The van der Waals surface area contributed by atoms with E-state index in [1.165, 1.54) is 18.4 Å². The summed E-state index contributed by atoms with van der Waals surface area (Å²) in [6.07, 6.45) is 4.93. The first-order valence-electron chi connectivity index (χ1n) is 8.14. The molecule has 0 amide bonds. The van der Waals surface area contributed by atoms with Crippen molar-refractivity contribution < 1.29 is 4.74 Å². The summed E-state index contributed by atoms with van der Waals surface area (Å²) in [5.74, 6) is 2.63. The molecule has 0 heterocycles. The molecule has 3 N–H and O–H groups in total. The SMILES string of the molecule is COc1ccc(CCC(C)(CN)NCC(C)C2CC2)cc1. The number of ether oxygens (including phenoxy) is 1. The van der Waals surface area contributed by atoms with E-state index in [4.69, 9.17) is 10.5 Å². The zero-order valence-electron chi connectivity index (χ0n) is 13.7. The molecule has 0 spiro atoms. The average Bonchev–Trinajstić information content (AvgIpc) is 3.36. The zero-order valence-corrected chi connectivity index (χ0v) is 13.7. The van der Waals surface area contributed by atoms with Gasteiger partial charge in [0, 0.05) is 12.1 Å². The van der Waals surface area contributed by atoms with Crippen LogP contribution in [0.15, 0.2) is 24.3 Å². The molecule has 118 valence electrons. The number of nitrogens with one attached hydrogen (secondary N) is 1. The van der Waals surface area contributed by atoms with Gasteiger partial charge >= 0.3 is 0 Å². The Hall–Kier alpha value is -1.06. The Bertz CT molecular complexity index is 427. The Balaban J connectivity index is 1.81. The highest BCUT2D eigenvalue weighted by molar-refractivity contribution is 5.27. The maximum atomic E-state index is 6.01. The fourth-order valence-corrected chi connectivity index (χ4v) is 2.71. The molecular formula is C18H30N2O. The van der Waals surface area contributed by atoms with Gasteiger partial charge in [0.25, 0.3) is 0 Å². The lowest BCUT2D eigenvalue weighted by Crippen LogP contribution is -2.50. The van der Waals surface area contributed by atoms with Gasteiger partial charge in [-0.15, -0.1) is 0 Å². The maximum absolute atomic E-state index is 6.01. The lowest BCUT2D eigenvalue weighted by Gasteiger charge is -2.31. The van der Waals surface area contributed by atoms with Crippen LogP contribution in [0.4, 0.5) is 0 Å². The molecule has 21 heavy (non-hydrogen) atoms.